The van der Waals surface area contributed by atoms with Crippen LogP contribution >= 0.6 is 0 Å². The SMILES string of the molecule is COc1ccc(COCc2ccnc3c(F)cccc23)cc1. The fourth-order valence-corrected chi connectivity index (χ4v) is 2.32. The lowest BCUT2D eigenvalue weighted by Crippen LogP contribution is -1.97. The van der Waals surface area contributed by atoms with E-state index >= 15 is 0 Å². The zero-order valence-electron chi connectivity index (χ0n) is 12.3. The van der Waals surface area contributed by atoms with E-state index < -0.39 is 0 Å². The second kappa shape index (κ2) is 6.54. The first-order valence-corrected chi connectivity index (χ1v) is 7.01. The van der Waals surface area contributed by atoms with Crippen molar-refractivity contribution in [1.82, 2.24) is 4.98 Å². The molecule has 0 aliphatic carbocycles. The van der Waals surface area contributed by atoms with E-state index in [9.17, 15) is 4.39 Å². The molecule has 0 aliphatic rings. The Morgan fingerprint density at radius 3 is 2.59 bits per heavy atom. The van der Waals surface area contributed by atoms with Crippen molar-refractivity contribution in [1.29, 1.82) is 0 Å². The summed E-state index contributed by atoms with van der Waals surface area (Å²) in [5, 5.41) is 0.789. The van der Waals surface area contributed by atoms with Gasteiger partial charge in [0.2, 0.25) is 0 Å². The molecule has 0 amide bonds. The molecule has 3 aromatic rings. The Bertz CT molecular complexity index is 772. The summed E-state index contributed by atoms with van der Waals surface area (Å²) >= 11 is 0. The molecule has 0 unspecified atom stereocenters. The lowest BCUT2D eigenvalue weighted by Gasteiger charge is -2.08. The quantitative estimate of drug-likeness (QED) is 0.710. The number of nitrogens with zero attached hydrogens (tertiary/aromatic N) is 1. The molecular weight excluding hydrogens is 281 g/mol. The Kier molecular flexibility index (Phi) is 4.30. The minimum Gasteiger partial charge on any atom is -0.497 e. The number of hydrogen-bond donors (Lipinski definition) is 0. The topological polar surface area (TPSA) is 31.4 Å². The second-order valence-corrected chi connectivity index (χ2v) is 4.95. The van der Waals surface area contributed by atoms with Crippen LogP contribution in [0.2, 0.25) is 0 Å². The molecule has 2 aromatic carbocycles. The maximum atomic E-state index is 13.7. The number of fused-ring (bicyclic) bond motifs is 1. The van der Waals surface area contributed by atoms with Gasteiger partial charge >= 0.3 is 0 Å². The van der Waals surface area contributed by atoms with Crippen LogP contribution in [0, 0.1) is 5.82 Å². The van der Waals surface area contributed by atoms with Crippen LogP contribution in [0.25, 0.3) is 10.9 Å². The summed E-state index contributed by atoms with van der Waals surface area (Å²) in [5.41, 5.74) is 2.37. The van der Waals surface area contributed by atoms with Gasteiger partial charge in [-0.2, -0.15) is 0 Å². The molecule has 3 rings (SSSR count). The molecule has 1 heterocycles. The largest absolute Gasteiger partial charge is 0.497 e. The normalized spacial score (nSPS) is 10.8. The van der Waals surface area contributed by atoms with Gasteiger partial charge < -0.3 is 9.47 Å². The molecule has 0 N–H and O–H groups in total. The highest BCUT2D eigenvalue weighted by Crippen LogP contribution is 2.20. The molecule has 0 atom stereocenters. The summed E-state index contributed by atoms with van der Waals surface area (Å²) in [7, 11) is 1.64. The first kappa shape index (κ1) is 14.5. The molecule has 3 nitrogen and oxygen atoms in total. The number of hydrogen-bond acceptors (Lipinski definition) is 3. The summed E-state index contributed by atoms with van der Waals surface area (Å²) in [6.45, 7) is 0.900. The molecule has 1 aromatic heterocycles. The predicted octanol–water partition coefficient (Wildman–Crippen LogP) is 4.10. The van der Waals surface area contributed by atoms with Crippen molar-refractivity contribution >= 4 is 10.9 Å². The average Bonchev–Trinajstić information content (AvgIpc) is 2.56. The van der Waals surface area contributed by atoms with Crippen LogP contribution in [0.1, 0.15) is 11.1 Å². The van der Waals surface area contributed by atoms with Gasteiger partial charge in [-0.3, -0.25) is 4.98 Å². The smallest absolute Gasteiger partial charge is 0.149 e. The highest BCUT2D eigenvalue weighted by Gasteiger charge is 2.06. The van der Waals surface area contributed by atoms with Gasteiger partial charge in [-0.15, -0.1) is 0 Å². The van der Waals surface area contributed by atoms with Crippen molar-refractivity contribution in [3.63, 3.8) is 0 Å². The fraction of sp³-hybridized carbons (Fsp3) is 0.167. The number of pyridine rings is 1. The zero-order valence-corrected chi connectivity index (χ0v) is 12.3. The van der Waals surface area contributed by atoms with Gasteiger partial charge in [0.25, 0.3) is 0 Å². The van der Waals surface area contributed by atoms with Gasteiger partial charge in [-0.25, -0.2) is 4.39 Å². The molecule has 0 saturated carbocycles. The third-order valence-corrected chi connectivity index (χ3v) is 3.50. The van der Waals surface area contributed by atoms with Gasteiger partial charge in [-0.05, 0) is 35.4 Å². The number of methoxy groups -OCH3 is 1. The minimum atomic E-state index is -0.311. The third kappa shape index (κ3) is 3.07. The second-order valence-electron chi connectivity index (χ2n) is 4.95. The Morgan fingerprint density at radius 1 is 1.00 bits per heavy atom. The molecule has 0 aliphatic heterocycles. The Hall–Kier alpha value is -2.46. The molecule has 0 fully saturated rings. The number of halogens is 1. The molecule has 22 heavy (non-hydrogen) atoms. The van der Waals surface area contributed by atoms with Crippen LogP contribution in [0.5, 0.6) is 5.75 Å². The van der Waals surface area contributed by atoms with Crippen LogP contribution in [0.4, 0.5) is 4.39 Å². The third-order valence-electron chi connectivity index (χ3n) is 3.50. The highest BCUT2D eigenvalue weighted by atomic mass is 19.1. The zero-order chi connectivity index (χ0) is 15.4. The van der Waals surface area contributed by atoms with Gasteiger partial charge in [0, 0.05) is 11.6 Å². The van der Waals surface area contributed by atoms with E-state index in [0.717, 1.165) is 22.3 Å². The Labute approximate surface area is 128 Å². The summed E-state index contributed by atoms with van der Waals surface area (Å²) in [6.07, 6.45) is 1.61. The van der Waals surface area contributed by atoms with Crippen LogP contribution in [-0.4, -0.2) is 12.1 Å². The summed E-state index contributed by atoms with van der Waals surface area (Å²) in [5.74, 6) is 0.508. The van der Waals surface area contributed by atoms with Gasteiger partial charge in [-0.1, -0.05) is 24.3 Å². The minimum absolute atomic E-state index is 0.311. The first-order valence-electron chi connectivity index (χ1n) is 7.01. The maximum absolute atomic E-state index is 13.7. The van der Waals surface area contributed by atoms with Crippen molar-refractivity contribution in [2.75, 3.05) is 7.11 Å². The Morgan fingerprint density at radius 2 is 1.82 bits per heavy atom. The van der Waals surface area contributed by atoms with Crippen LogP contribution in [0.3, 0.4) is 0 Å². The van der Waals surface area contributed by atoms with E-state index in [4.69, 9.17) is 9.47 Å². The lowest BCUT2D eigenvalue weighted by atomic mass is 10.1. The van der Waals surface area contributed by atoms with E-state index in [1.165, 1.54) is 6.07 Å². The average molecular weight is 297 g/mol. The van der Waals surface area contributed by atoms with E-state index in [1.54, 1.807) is 19.4 Å². The van der Waals surface area contributed by atoms with Crippen molar-refractivity contribution in [3.8, 4) is 5.75 Å². The van der Waals surface area contributed by atoms with Crippen molar-refractivity contribution in [3.05, 3.63) is 71.7 Å². The van der Waals surface area contributed by atoms with Crippen molar-refractivity contribution in [2.24, 2.45) is 0 Å². The number of aromatic nitrogens is 1. The van der Waals surface area contributed by atoms with Crippen LogP contribution in [-0.2, 0) is 18.0 Å². The molecule has 0 bridgehead atoms. The predicted molar refractivity (Wildman–Crippen MR) is 83.2 cm³/mol. The molecule has 4 heteroatoms. The molecule has 0 radical (unpaired) electrons. The van der Waals surface area contributed by atoms with Gasteiger partial charge in [0.1, 0.15) is 17.1 Å². The number of benzene rings is 2. The summed E-state index contributed by atoms with van der Waals surface area (Å²) in [6, 6.07) is 14.5. The maximum Gasteiger partial charge on any atom is 0.149 e. The van der Waals surface area contributed by atoms with E-state index in [-0.39, 0.29) is 5.82 Å². The summed E-state index contributed by atoms with van der Waals surface area (Å²) < 4.78 is 24.6. The standard InChI is InChI=1S/C18H16FNO2/c1-21-15-7-5-13(6-8-15)11-22-12-14-9-10-20-18-16(14)3-2-4-17(18)19/h2-10H,11-12H2,1H3. The van der Waals surface area contributed by atoms with Crippen molar-refractivity contribution in [2.45, 2.75) is 13.2 Å². The number of rotatable bonds is 5. The van der Waals surface area contributed by atoms with E-state index in [2.05, 4.69) is 4.98 Å². The monoisotopic (exact) mass is 297 g/mol. The highest BCUT2D eigenvalue weighted by molar-refractivity contribution is 5.82. The molecular formula is C18H16FNO2. The fourth-order valence-electron chi connectivity index (χ4n) is 2.32. The molecule has 0 spiro atoms. The molecule has 112 valence electrons. The summed E-state index contributed by atoms with van der Waals surface area (Å²) in [4.78, 5) is 4.08. The lowest BCUT2D eigenvalue weighted by molar-refractivity contribution is 0.108. The Balaban J connectivity index is 1.70. The van der Waals surface area contributed by atoms with Crippen LogP contribution < -0.4 is 4.74 Å². The van der Waals surface area contributed by atoms with E-state index in [0.29, 0.717) is 18.7 Å². The first-order chi connectivity index (χ1) is 10.8. The van der Waals surface area contributed by atoms with E-state index in [1.807, 2.05) is 36.4 Å². The van der Waals surface area contributed by atoms with Crippen molar-refractivity contribution < 1.29 is 13.9 Å². The molecule has 0 saturated heterocycles. The number of para-hydroxylation sites is 1. The number of ether oxygens (including phenoxy) is 2. The van der Waals surface area contributed by atoms with Crippen LogP contribution in [0.15, 0.2) is 54.7 Å². The van der Waals surface area contributed by atoms with Gasteiger partial charge in [0.05, 0.1) is 20.3 Å². The van der Waals surface area contributed by atoms with Gasteiger partial charge in [0.15, 0.2) is 0 Å².